The third kappa shape index (κ3) is 0.995. The smallest absolute Gasteiger partial charge is 0.166 e. The fourth-order valence-corrected chi connectivity index (χ4v) is 1.40. The molecule has 0 saturated carbocycles. The quantitative estimate of drug-likeness (QED) is 0.609. The number of aryl methyl sites for hydroxylation is 1. The van der Waals surface area contributed by atoms with Gasteiger partial charge in [-0.05, 0) is 12.8 Å². The van der Waals surface area contributed by atoms with Gasteiger partial charge in [-0.2, -0.15) is 0 Å². The van der Waals surface area contributed by atoms with Crippen molar-refractivity contribution in [3.8, 4) is 0 Å². The maximum absolute atomic E-state index is 12.9. The van der Waals surface area contributed by atoms with Crippen LogP contribution in [0.4, 0.5) is 15.8 Å². The van der Waals surface area contributed by atoms with E-state index in [9.17, 15) is 4.39 Å². The summed E-state index contributed by atoms with van der Waals surface area (Å²) in [5, 5.41) is 3.04. The van der Waals surface area contributed by atoms with Crippen molar-refractivity contribution < 1.29 is 4.39 Å². The molecule has 3 nitrogen and oxygen atoms in total. The van der Waals surface area contributed by atoms with E-state index in [-0.39, 0.29) is 5.69 Å². The summed E-state index contributed by atoms with van der Waals surface area (Å²) in [4.78, 5) is 3.96. The Balaban J connectivity index is 2.54. The minimum absolute atomic E-state index is 0.194. The molecule has 3 N–H and O–H groups in total. The van der Waals surface area contributed by atoms with E-state index in [2.05, 4.69) is 10.3 Å². The second kappa shape index (κ2) is 2.62. The first kappa shape index (κ1) is 7.34. The van der Waals surface area contributed by atoms with Crippen LogP contribution in [0.15, 0.2) is 6.20 Å². The highest BCUT2D eigenvalue weighted by atomic mass is 19.1. The summed E-state index contributed by atoms with van der Waals surface area (Å²) >= 11 is 0. The van der Waals surface area contributed by atoms with Crippen molar-refractivity contribution in [2.45, 2.75) is 12.8 Å². The predicted molar refractivity (Wildman–Crippen MR) is 45.4 cm³/mol. The van der Waals surface area contributed by atoms with Crippen LogP contribution in [0, 0.1) is 5.82 Å². The number of rotatable bonds is 0. The van der Waals surface area contributed by atoms with Crippen LogP contribution in [0.2, 0.25) is 0 Å². The summed E-state index contributed by atoms with van der Waals surface area (Å²) in [6, 6.07) is 0. The largest absolute Gasteiger partial charge is 0.395 e. The number of hydrogen-bond donors (Lipinski definition) is 2. The fourth-order valence-electron chi connectivity index (χ4n) is 1.40. The van der Waals surface area contributed by atoms with E-state index < -0.39 is 5.82 Å². The van der Waals surface area contributed by atoms with Gasteiger partial charge in [0.25, 0.3) is 0 Å². The third-order valence-electron chi connectivity index (χ3n) is 2.04. The molecule has 0 aromatic carbocycles. The Morgan fingerprint density at radius 2 is 2.42 bits per heavy atom. The zero-order chi connectivity index (χ0) is 8.55. The Bertz CT molecular complexity index is 311. The SMILES string of the molecule is Nc1c(F)cnc2c1NCCC2. The van der Waals surface area contributed by atoms with Crippen molar-refractivity contribution in [2.24, 2.45) is 0 Å². The minimum atomic E-state index is -0.442. The van der Waals surface area contributed by atoms with Gasteiger partial charge in [0.1, 0.15) is 0 Å². The normalized spacial score (nSPS) is 15.1. The molecule has 0 unspecified atom stereocenters. The molecule has 1 aromatic heterocycles. The number of fused-ring (bicyclic) bond motifs is 1. The van der Waals surface area contributed by atoms with Crippen molar-refractivity contribution in [3.63, 3.8) is 0 Å². The first-order valence-corrected chi connectivity index (χ1v) is 3.96. The molecule has 0 fully saturated rings. The summed E-state index contributed by atoms with van der Waals surface area (Å²) in [6.45, 7) is 0.850. The molecule has 0 saturated heterocycles. The zero-order valence-electron chi connectivity index (χ0n) is 6.60. The highest BCUT2D eigenvalue weighted by Crippen LogP contribution is 2.27. The molecule has 2 heterocycles. The molecular weight excluding hydrogens is 157 g/mol. The Hall–Kier alpha value is -1.32. The second-order valence-electron chi connectivity index (χ2n) is 2.87. The monoisotopic (exact) mass is 167 g/mol. The lowest BCUT2D eigenvalue weighted by atomic mass is 10.1. The molecule has 0 spiro atoms. The molecule has 4 heteroatoms. The number of nitrogens with zero attached hydrogens (tertiary/aromatic N) is 1. The lowest BCUT2D eigenvalue weighted by Gasteiger charge is -2.18. The van der Waals surface area contributed by atoms with Crippen LogP contribution in [0.25, 0.3) is 0 Å². The number of nitrogens with two attached hydrogens (primary N) is 1. The summed E-state index contributed by atoms with van der Waals surface area (Å²) in [5.74, 6) is -0.442. The maximum Gasteiger partial charge on any atom is 0.166 e. The van der Waals surface area contributed by atoms with E-state index in [4.69, 9.17) is 5.73 Å². The van der Waals surface area contributed by atoms with Crippen LogP contribution in [-0.4, -0.2) is 11.5 Å². The van der Waals surface area contributed by atoms with Gasteiger partial charge in [-0.15, -0.1) is 0 Å². The van der Waals surface area contributed by atoms with Gasteiger partial charge in [0.15, 0.2) is 5.82 Å². The highest BCUT2D eigenvalue weighted by Gasteiger charge is 2.14. The van der Waals surface area contributed by atoms with Crippen LogP contribution >= 0.6 is 0 Å². The van der Waals surface area contributed by atoms with Crippen LogP contribution in [0.5, 0.6) is 0 Å². The number of pyridine rings is 1. The Labute approximate surface area is 69.8 Å². The van der Waals surface area contributed by atoms with Crippen molar-refractivity contribution >= 4 is 11.4 Å². The molecule has 1 aliphatic heterocycles. The van der Waals surface area contributed by atoms with Crippen LogP contribution in [0.1, 0.15) is 12.1 Å². The molecule has 0 atom stereocenters. The van der Waals surface area contributed by atoms with Gasteiger partial charge in [0.05, 0.1) is 23.3 Å². The third-order valence-corrected chi connectivity index (χ3v) is 2.04. The maximum atomic E-state index is 12.9. The first-order valence-electron chi connectivity index (χ1n) is 3.96. The van der Waals surface area contributed by atoms with E-state index >= 15 is 0 Å². The molecule has 64 valence electrons. The lowest BCUT2D eigenvalue weighted by Crippen LogP contribution is -2.15. The van der Waals surface area contributed by atoms with Crippen molar-refractivity contribution in [2.75, 3.05) is 17.6 Å². The minimum Gasteiger partial charge on any atom is -0.395 e. The Morgan fingerprint density at radius 1 is 1.58 bits per heavy atom. The fraction of sp³-hybridized carbons (Fsp3) is 0.375. The van der Waals surface area contributed by atoms with Crippen LogP contribution in [-0.2, 0) is 6.42 Å². The van der Waals surface area contributed by atoms with Crippen LogP contribution < -0.4 is 11.1 Å². The number of aromatic nitrogens is 1. The highest BCUT2D eigenvalue weighted by molar-refractivity contribution is 5.69. The molecule has 12 heavy (non-hydrogen) atoms. The molecule has 1 aromatic rings. The van der Waals surface area contributed by atoms with Gasteiger partial charge in [-0.25, -0.2) is 4.39 Å². The van der Waals surface area contributed by atoms with E-state index in [1.165, 1.54) is 6.20 Å². The van der Waals surface area contributed by atoms with Crippen molar-refractivity contribution in [1.82, 2.24) is 4.98 Å². The Morgan fingerprint density at radius 3 is 3.25 bits per heavy atom. The van der Waals surface area contributed by atoms with Gasteiger partial charge in [0.2, 0.25) is 0 Å². The average Bonchev–Trinajstić information content (AvgIpc) is 2.12. The number of nitrogen functional groups attached to an aromatic ring is 1. The molecule has 0 amide bonds. The average molecular weight is 167 g/mol. The van der Waals surface area contributed by atoms with E-state index in [0.29, 0.717) is 5.69 Å². The number of anilines is 2. The van der Waals surface area contributed by atoms with Crippen LogP contribution in [0.3, 0.4) is 0 Å². The topological polar surface area (TPSA) is 50.9 Å². The van der Waals surface area contributed by atoms with E-state index in [0.717, 1.165) is 25.1 Å². The zero-order valence-corrected chi connectivity index (χ0v) is 6.60. The van der Waals surface area contributed by atoms with Crippen molar-refractivity contribution in [3.05, 3.63) is 17.7 Å². The molecular formula is C8H10FN3. The number of hydrogen-bond acceptors (Lipinski definition) is 3. The standard InChI is InChI=1S/C8H10FN3/c9-5-4-12-6-2-1-3-11-8(6)7(5)10/h4,11H,1-3H2,(H2,10,12). The summed E-state index contributed by atoms with van der Waals surface area (Å²) < 4.78 is 12.9. The van der Waals surface area contributed by atoms with Gasteiger partial charge in [-0.3, -0.25) is 4.98 Å². The van der Waals surface area contributed by atoms with Gasteiger partial charge in [-0.1, -0.05) is 0 Å². The predicted octanol–water partition coefficient (Wildman–Crippen LogP) is 1.16. The second-order valence-corrected chi connectivity index (χ2v) is 2.87. The number of halogens is 1. The van der Waals surface area contributed by atoms with E-state index in [1.807, 2.05) is 0 Å². The molecule has 0 radical (unpaired) electrons. The van der Waals surface area contributed by atoms with Crippen molar-refractivity contribution in [1.29, 1.82) is 0 Å². The molecule has 0 bridgehead atoms. The molecule has 1 aliphatic rings. The summed E-state index contributed by atoms with van der Waals surface area (Å²) in [6.07, 6.45) is 3.10. The molecule has 0 aliphatic carbocycles. The number of nitrogens with one attached hydrogen (secondary N) is 1. The summed E-state index contributed by atoms with van der Waals surface area (Å²) in [5.41, 5.74) is 7.28. The summed E-state index contributed by atoms with van der Waals surface area (Å²) in [7, 11) is 0. The molecule has 2 rings (SSSR count). The first-order chi connectivity index (χ1) is 5.79. The Kier molecular flexibility index (Phi) is 1.60. The van der Waals surface area contributed by atoms with Gasteiger partial charge >= 0.3 is 0 Å². The van der Waals surface area contributed by atoms with E-state index in [1.54, 1.807) is 0 Å². The van der Waals surface area contributed by atoms with Gasteiger partial charge in [0, 0.05) is 6.54 Å². The lowest BCUT2D eigenvalue weighted by molar-refractivity contribution is 0.622. The van der Waals surface area contributed by atoms with Gasteiger partial charge < -0.3 is 11.1 Å².